The first kappa shape index (κ1) is 20.6. The molecule has 0 saturated heterocycles. The summed E-state index contributed by atoms with van der Waals surface area (Å²) in [5.74, 6) is -0.766. The first-order chi connectivity index (χ1) is 14.7. The zero-order chi connectivity index (χ0) is 22.9. The van der Waals surface area contributed by atoms with E-state index in [0.29, 0.717) is 0 Å². The molecule has 4 rings (SSSR count). The Morgan fingerprint density at radius 3 is 1.87 bits per heavy atom. The minimum Gasteiger partial charge on any atom is -0.346 e. The Hall–Kier alpha value is -5.15. The number of carbonyl (C=O) groups excluding carboxylic acids is 1. The largest absolute Gasteiger partial charge is 0.430 e. The van der Waals surface area contributed by atoms with Gasteiger partial charge in [-0.05, 0) is 17.7 Å². The number of fused-ring (bicyclic) bond motifs is 2. The lowest BCUT2D eigenvalue weighted by Gasteiger charge is -2.04. The van der Waals surface area contributed by atoms with Gasteiger partial charge in [0.1, 0.15) is 6.26 Å². The third kappa shape index (κ3) is 3.39. The zero-order valence-electron chi connectivity index (χ0n) is 14.7. The van der Waals surface area contributed by atoms with Gasteiger partial charge in [0.2, 0.25) is 0 Å². The molecule has 2 aromatic rings. The second kappa shape index (κ2) is 7.70. The van der Waals surface area contributed by atoms with Gasteiger partial charge in [0.15, 0.2) is 5.78 Å². The van der Waals surface area contributed by atoms with E-state index in [9.17, 15) is 45.3 Å². The second-order valence-corrected chi connectivity index (χ2v) is 5.66. The Morgan fingerprint density at radius 2 is 1.42 bits per heavy atom. The summed E-state index contributed by atoms with van der Waals surface area (Å²) in [6.45, 7) is 0. The van der Waals surface area contributed by atoms with E-state index in [1.54, 1.807) is 0 Å². The van der Waals surface area contributed by atoms with E-state index in [2.05, 4.69) is 14.9 Å². The number of allylic oxidation sites excluding steroid dienone is 4. The number of nitrogens with zero attached hydrogens (tertiary/aromatic N) is 6. The maximum Gasteiger partial charge on any atom is 0.430 e. The summed E-state index contributed by atoms with van der Waals surface area (Å²) in [5, 5.41) is 50.6. The van der Waals surface area contributed by atoms with E-state index in [0.717, 1.165) is 12.2 Å². The molecule has 0 fully saturated rings. The number of aromatic nitrogens is 2. The number of hydrogen-bond acceptors (Lipinski definition) is 12. The quantitative estimate of drug-likeness (QED) is 0.474. The molecule has 0 aliphatic heterocycles. The van der Waals surface area contributed by atoms with Gasteiger partial charge in [0.05, 0.1) is 36.3 Å². The van der Waals surface area contributed by atoms with Gasteiger partial charge in [-0.15, -0.1) is 5.10 Å². The van der Waals surface area contributed by atoms with Crippen molar-refractivity contribution in [2.45, 2.75) is 0 Å². The average molecular weight is 430 g/mol. The van der Waals surface area contributed by atoms with Crippen molar-refractivity contribution in [3.63, 3.8) is 0 Å². The van der Waals surface area contributed by atoms with Crippen molar-refractivity contribution in [3.05, 3.63) is 87.2 Å². The molecule has 0 unspecified atom stereocenters. The molecule has 156 valence electrons. The Morgan fingerprint density at radius 1 is 0.839 bits per heavy atom. The Balaban J connectivity index is 0.000000478. The molecule has 2 aliphatic rings. The molecular formula is C15H6N6O10. The highest BCUT2D eigenvalue weighted by Crippen LogP contribution is 2.40. The van der Waals surface area contributed by atoms with Crippen molar-refractivity contribution in [3.8, 4) is 0 Å². The minimum atomic E-state index is -1.64. The lowest BCUT2D eigenvalue weighted by Crippen LogP contribution is -2.32. The Bertz CT molecular complexity index is 1340. The summed E-state index contributed by atoms with van der Waals surface area (Å²) in [6.07, 6.45) is 7.48. The summed E-state index contributed by atoms with van der Waals surface area (Å²) < 4.78 is 4.22. The van der Waals surface area contributed by atoms with E-state index < -0.39 is 58.7 Å². The van der Waals surface area contributed by atoms with Crippen LogP contribution in [0.2, 0.25) is 0 Å². The predicted octanol–water partition coefficient (Wildman–Crippen LogP) is 0.399. The monoisotopic (exact) mass is 430 g/mol. The molecule has 0 spiro atoms. The highest BCUT2D eigenvalue weighted by atomic mass is 16.7. The van der Waals surface area contributed by atoms with E-state index in [4.69, 9.17) is 0 Å². The number of rotatable bonds is 4. The number of hydrogen-bond donors (Lipinski definition) is 0. The SMILES string of the molecule is O=C1C=CC=C2C=c3c([N+](=O)[O-])c([N+](=O)[O-])c([N+](=O)[O-])c([N+](=O)[O-])c3=C12.c1conn1. The van der Waals surface area contributed by atoms with Crippen LogP contribution in [-0.2, 0) is 4.79 Å². The molecule has 0 atom stereocenters. The highest BCUT2D eigenvalue weighted by molar-refractivity contribution is 6.30. The number of carbonyl (C=O) groups is 1. The number of ketones is 1. The van der Waals surface area contributed by atoms with E-state index in [-0.39, 0.29) is 11.1 Å². The van der Waals surface area contributed by atoms with Gasteiger partial charge in [-0.2, -0.15) is 0 Å². The zero-order valence-corrected chi connectivity index (χ0v) is 14.7. The first-order valence-corrected chi connectivity index (χ1v) is 7.84. The summed E-state index contributed by atoms with van der Waals surface area (Å²) >= 11 is 0. The molecule has 0 amide bonds. The van der Waals surface area contributed by atoms with Crippen molar-refractivity contribution in [1.29, 1.82) is 0 Å². The van der Waals surface area contributed by atoms with Crippen LogP contribution in [0, 0.1) is 40.5 Å². The van der Waals surface area contributed by atoms with Crippen LogP contribution >= 0.6 is 0 Å². The van der Waals surface area contributed by atoms with Gasteiger partial charge >= 0.3 is 22.7 Å². The predicted molar refractivity (Wildman–Crippen MR) is 96.7 cm³/mol. The molecule has 16 heteroatoms. The van der Waals surface area contributed by atoms with E-state index in [1.165, 1.54) is 24.6 Å². The van der Waals surface area contributed by atoms with Crippen LogP contribution < -0.4 is 10.4 Å². The molecule has 31 heavy (non-hydrogen) atoms. The van der Waals surface area contributed by atoms with E-state index >= 15 is 0 Å². The van der Waals surface area contributed by atoms with Crippen LogP contribution in [0.1, 0.15) is 0 Å². The van der Waals surface area contributed by atoms with Gasteiger partial charge in [-0.3, -0.25) is 45.3 Å². The Labute approximate surface area is 167 Å². The van der Waals surface area contributed by atoms with Gasteiger partial charge in [0, 0.05) is 10.8 Å². The lowest BCUT2D eigenvalue weighted by atomic mass is 9.98. The standard InChI is InChI=1S/C13H4N4O9.C2H2N2O/c18-7-3-1-2-5-4-6-9(8(5)7)11(15(21)22)13(17(25)26)12(16(23)24)10(6)14(19)20;1-2-5-4-3-1/h1-4H;1-2H. The molecule has 0 bridgehead atoms. The summed E-state index contributed by atoms with van der Waals surface area (Å²) in [7, 11) is 0. The molecular weight excluding hydrogens is 424 g/mol. The van der Waals surface area contributed by atoms with Crippen LogP contribution in [0.15, 0.2) is 40.8 Å². The van der Waals surface area contributed by atoms with Crippen molar-refractivity contribution >= 4 is 40.2 Å². The first-order valence-electron chi connectivity index (χ1n) is 7.84. The second-order valence-electron chi connectivity index (χ2n) is 5.66. The molecule has 2 aliphatic carbocycles. The fourth-order valence-corrected chi connectivity index (χ4v) is 3.05. The molecule has 0 radical (unpaired) electrons. The number of benzene rings is 1. The normalized spacial score (nSPS) is 13.2. The maximum atomic E-state index is 12.1. The maximum absolute atomic E-state index is 12.1. The smallest absolute Gasteiger partial charge is 0.346 e. The molecule has 0 N–H and O–H groups in total. The van der Waals surface area contributed by atoms with Gasteiger partial charge in [-0.25, -0.2) is 0 Å². The van der Waals surface area contributed by atoms with Crippen LogP contribution in [0.4, 0.5) is 22.7 Å². The minimum absolute atomic E-state index is 0.0356. The van der Waals surface area contributed by atoms with E-state index in [1.807, 2.05) is 0 Å². The molecule has 0 saturated carbocycles. The lowest BCUT2D eigenvalue weighted by molar-refractivity contribution is -0.452. The topological polar surface area (TPSA) is 229 Å². The summed E-state index contributed by atoms with van der Waals surface area (Å²) in [6, 6.07) is 0. The van der Waals surface area contributed by atoms with Crippen LogP contribution in [0.5, 0.6) is 0 Å². The highest BCUT2D eigenvalue weighted by Gasteiger charge is 2.48. The van der Waals surface area contributed by atoms with Gasteiger partial charge in [0.25, 0.3) is 0 Å². The molecule has 16 nitrogen and oxygen atoms in total. The van der Waals surface area contributed by atoms with Gasteiger partial charge < -0.3 is 4.52 Å². The fourth-order valence-electron chi connectivity index (χ4n) is 3.05. The number of nitro benzene ring substituents is 4. The van der Waals surface area contributed by atoms with Gasteiger partial charge in [-0.1, -0.05) is 12.2 Å². The summed E-state index contributed by atoms with van der Waals surface area (Å²) in [5.41, 5.74) is -6.18. The average Bonchev–Trinajstić information content (AvgIpc) is 3.37. The van der Waals surface area contributed by atoms with Crippen molar-refractivity contribution < 1.29 is 29.0 Å². The van der Waals surface area contributed by atoms with Crippen molar-refractivity contribution in [2.24, 2.45) is 0 Å². The molecule has 1 heterocycles. The van der Waals surface area contributed by atoms with Crippen LogP contribution in [0.3, 0.4) is 0 Å². The third-order valence-corrected chi connectivity index (χ3v) is 4.06. The Kier molecular flexibility index (Phi) is 5.11. The number of nitro groups is 4. The molecule has 1 aromatic heterocycles. The molecule has 1 aromatic carbocycles. The van der Waals surface area contributed by atoms with Crippen LogP contribution in [0.25, 0.3) is 11.6 Å². The summed E-state index contributed by atoms with van der Waals surface area (Å²) in [4.78, 5) is 52.2. The fraction of sp³-hybridized carbons (Fsp3) is 0. The third-order valence-electron chi connectivity index (χ3n) is 4.06. The van der Waals surface area contributed by atoms with Crippen LogP contribution in [-0.4, -0.2) is 35.8 Å². The van der Waals surface area contributed by atoms with Crippen molar-refractivity contribution in [1.82, 2.24) is 10.4 Å². The van der Waals surface area contributed by atoms with Crippen molar-refractivity contribution in [2.75, 3.05) is 0 Å².